The van der Waals surface area contributed by atoms with E-state index in [1.807, 2.05) is 42.5 Å². The number of ketones is 1. The molecule has 0 aliphatic heterocycles. The van der Waals surface area contributed by atoms with E-state index in [0.29, 0.717) is 0 Å². The number of fused-ring (bicyclic) bond motifs is 1. The fraction of sp³-hybridized carbons (Fsp3) is 0.267. The van der Waals surface area contributed by atoms with Crippen LogP contribution in [0.5, 0.6) is 0 Å². The SMILES string of the molecule is COP(=O)(CC(=O)Cc1ccc2ccccc2c1)OC. The number of carbonyl (C=O) groups excluding carboxylic acids is 1. The van der Waals surface area contributed by atoms with E-state index in [9.17, 15) is 9.36 Å². The van der Waals surface area contributed by atoms with Gasteiger partial charge in [0.05, 0.1) is 0 Å². The highest BCUT2D eigenvalue weighted by molar-refractivity contribution is 7.54. The Morgan fingerprint density at radius 3 is 2.35 bits per heavy atom. The van der Waals surface area contributed by atoms with Gasteiger partial charge in [-0.15, -0.1) is 0 Å². The Balaban J connectivity index is 2.12. The molecule has 0 N–H and O–H groups in total. The van der Waals surface area contributed by atoms with Crippen LogP contribution in [0.4, 0.5) is 0 Å². The molecule has 0 heterocycles. The van der Waals surface area contributed by atoms with E-state index in [1.54, 1.807) is 0 Å². The van der Waals surface area contributed by atoms with E-state index in [2.05, 4.69) is 0 Å². The number of hydrogen-bond donors (Lipinski definition) is 0. The molecule has 2 aromatic rings. The second kappa shape index (κ2) is 6.31. The maximum absolute atomic E-state index is 11.9. The fourth-order valence-corrected chi connectivity index (χ4v) is 3.00. The lowest BCUT2D eigenvalue weighted by molar-refractivity contribution is -0.116. The molecule has 0 aliphatic carbocycles. The zero-order valence-corrected chi connectivity index (χ0v) is 12.4. The van der Waals surface area contributed by atoms with Crippen molar-refractivity contribution in [1.29, 1.82) is 0 Å². The summed E-state index contributed by atoms with van der Waals surface area (Å²) in [6.07, 6.45) is 0.0222. The third-order valence-electron chi connectivity index (χ3n) is 3.14. The predicted octanol–water partition coefficient (Wildman–Crippen LogP) is 3.44. The van der Waals surface area contributed by atoms with Crippen LogP contribution in [0, 0.1) is 0 Å². The summed E-state index contributed by atoms with van der Waals surface area (Å²) in [5.74, 6) is -0.160. The van der Waals surface area contributed by atoms with Crippen LogP contribution in [0.2, 0.25) is 0 Å². The van der Waals surface area contributed by atoms with E-state index in [-0.39, 0.29) is 18.4 Å². The third kappa shape index (κ3) is 3.54. The van der Waals surface area contributed by atoms with Gasteiger partial charge >= 0.3 is 7.60 Å². The molecular weight excluding hydrogens is 275 g/mol. The molecule has 4 nitrogen and oxygen atoms in total. The second-order valence-corrected chi connectivity index (χ2v) is 6.80. The number of benzene rings is 2. The van der Waals surface area contributed by atoms with Gasteiger partial charge in [-0.25, -0.2) is 0 Å². The molecule has 2 aromatic carbocycles. The molecule has 5 heteroatoms. The van der Waals surface area contributed by atoms with Crippen LogP contribution < -0.4 is 0 Å². The molecule has 0 radical (unpaired) electrons. The lowest BCUT2D eigenvalue weighted by atomic mass is 10.0. The van der Waals surface area contributed by atoms with Crippen molar-refractivity contribution >= 4 is 24.2 Å². The van der Waals surface area contributed by atoms with Gasteiger partial charge in [-0.2, -0.15) is 0 Å². The topological polar surface area (TPSA) is 52.6 Å². The standard InChI is InChI=1S/C15H17O4P/c1-18-20(17,19-2)11-15(16)10-12-7-8-13-5-3-4-6-14(13)9-12/h3-9H,10-11H2,1-2H3. The first-order chi connectivity index (χ1) is 9.56. The third-order valence-corrected chi connectivity index (χ3v) is 4.99. The quantitative estimate of drug-likeness (QED) is 0.765. The number of rotatable bonds is 6. The maximum atomic E-state index is 11.9. The molecule has 0 aliphatic rings. The number of carbonyl (C=O) groups is 1. The molecule has 106 valence electrons. The van der Waals surface area contributed by atoms with Gasteiger partial charge in [0.15, 0.2) is 0 Å². The van der Waals surface area contributed by atoms with Gasteiger partial charge in [-0.3, -0.25) is 9.36 Å². The van der Waals surface area contributed by atoms with E-state index >= 15 is 0 Å². The van der Waals surface area contributed by atoms with E-state index in [4.69, 9.17) is 9.05 Å². The summed E-state index contributed by atoms with van der Waals surface area (Å²) in [5, 5.41) is 2.21. The highest BCUT2D eigenvalue weighted by Gasteiger charge is 2.25. The predicted molar refractivity (Wildman–Crippen MR) is 79.2 cm³/mol. The summed E-state index contributed by atoms with van der Waals surface area (Å²) in [4.78, 5) is 11.9. The maximum Gasteiger partial charge on any atom is 0.337 e. The Morgan fingerprint density at radius 1 is 1.05 bits per heavy atom. The van der Waals surface area contributed by atoms with Crippen molar-refractivity contribution in [3.05, 3.63) is 48.0 Å². The molecular formula is C15H17O4P. The van der Waals surface area contributed by atoms with Crippen LogP contribution in [0.1, 0.15) is 5.56 Å². The van der Waals surface area contributed by atoms with Gasteiger partial charge in [0.25, 0.3) is 0 Å². The molecule has 0 aromatic heterocycles. The summed E-state index contributed by atoms with van der Waals surface area (Å²) in [6.45, 7) is 0. The summed E-state index contributed by atoms with van der Waals surface area (Å²) in [5.41, 5.74) is 0.896. The van der Waals surface area contributed by atoms with Crippen LogP contribution >= 0.6 is 7.60 Å². The zero-order chi connectivity index (χ0) is 14.6. The van der Waals surface area contributed by atoms with E-state index < -0.39 is 7.60 Å². The summed E-state index contributed by atoms with van der Waals surface area (Å²) in [6, 6.07) is 13.8. The van der Waals surface area contributed by atoms with Crippen molar-refractivity contribution in [1.82, 2.24) is 0 Å². The van der Waals surface area contributed by atoms with Crippen molar-refractivity contribution in [2.75, 3.05) is 20.4 Å². The molecule has 0 spiro atoms. The van der Waals surface area contributed by atoms with Crippen molar-refractivity contribution in [3.8, 4) is 0 Å². The summed E-state index contributed by atoms with van der Waals surface area (Å²) < 4.78 is 21.5. The van der Waals surface area contributed by atoms with Crippen molar-refractivity contribution < 1.29 is 18.4 Å². The molecule has 0 amide bonds. The molecule has 0 unspecified atom stereocenters. The second-order valence-electron chi connectivity index (χ2n) is 4.53. The highest BCUT2D eigenvalue weighted by atomic mass is 31.2. The molecule has 0 saturated heterocycles. The van der Waals surface area contributed by atoms with Crippen LogP contribution in [0.15, 0.2) is 42.5 Å². The minimum Gasteiger partial charge on any atom is -0.312 e. The van der Waals surface area contributed by atoms with Gasteiger partial charge in [-0.1, -0.05) is 42.5 Å². The Hall–Kier alpha value is -1.48. The highest BCUT2D eigenvalue weighted by Crippen LogP contribution is 2.46. The van der Waals surface area contributed by atoms with Crippen molar-refractivity contribution in [2.45, 2.75) is 6.42 Å². The van der Waals surface area contributed by atoms with Gasteiger partial charge < -0.3 is 9.05 Å². The number of Topliss-reactive ketones (excluding diaryl/α,β-unsaturated/α-hetero) is 1. The molecule has 20 heavy (non-hydrogen) atoms. The minimum absolute atomic E-state index is 0.160. The lowest BCUT2D eigenvalue weighted by Gasteiger charge is -2.12. The Bertz CT molecular complexity index is 658. The van der Waals surface area contributed by atoms with Crippen molar-refractivity contribution in [3.63, 3.8) is 0 Å². The Morgan fingerprint density at radius 2 is 1.70 bits per heavy atom. The summed E-state index contributed by atoms with van der Waals surface area (Å²) in [7, 11) is -0.701. The molecule has 2 rings (SSSR count). The molecule has 0 bridgehead atoms. The van der Waals surface area contributed by atoms with Gasteiger partial charge in [0.1, 0.15) is 11.9 Å². The Kier molecular flexibility index (Phi) is 4.71. The monoisotopic (exact) mass is 292 g/mol. The first-order valence-electron chi connectivity index (χ1n) is 6.26. The summed E-state index contributed by atoms with van der Waals surface area (Å²) >= 11 is 0. The molecule has 0 saturated carbocycles. The van der Waals surface area contributed by atoms with Gasteiger partial charge in [-0.05, 0) is 16.3 Å². The first-order valence-corrected chi connectivity index (χ1v) is 7.99. The number of hydrogen-bond acceptors (Lipinski definition) is 4. The van der Waals surface area contributed by atoms with Crippen LogP contribution in [-0.4, -0.2) is 26.2 Å². The van der Waals surface area contributed by atoms with E-state index in [1.165, 1.54) is 14.2 Å². The van der Waals surface area contributed by atoms with Gasteiger partial charge in [0.2, 0.25) is 0 Å². The average Bonchev–Trinajstić information content (AvgIpc) is 2.47. The smallest absolute Gasteiger partial charge is 0.312 e. The van der Waals surface area contributed by atoms with E-state index in [0.717, 1.165) is 16.3 Å². The average molecular weight is 292 g/mol. The fourth-order valence-electron chi connectivity index (χ4n) is 2.05. The van der Waals surface area contributed by atoms with Crippen molar-refractivity contribution in [2.24, 2.45) is 0 Å². The molecule has 0 fully saturated rings. The normalized spacial score (nSPS) is 11.7. The molecule has 0 atom stereocenters. The van der Waals surface area contributed by atoms with Crippen LogP contribution in [0.3, 0.4) is 0 Å². The first kappa shape index (κ1) is 14.9. The lowest BCUT2D eigenvalue weighted by Crippen LogP contribution is -2.10. The van der Waals surface area contributed by atoms with Crippen LogP contribution in [-0.2, 0) is 24.8 Å². The van der Waals surface area contributed by atoms with Crippen LogP contribution in [0.25, 0.3) is 10.8 Å². The Labute approximate surface area is 118 Å². The zero-order valence-electron chi connectivity index (χ0n) is 11.5. The minimum atomic E-state index is -3.27. The largest absolute Gasteiger partial charge is 0.337 e. The van der Waals surface area contributed by atoms with Gasteiger partial charge in [0, 0.05) is 20.6 Å².